The maximum atomic E-state index is 12.1. The van der Waals surface area contributed by atoms with Gasteiger partial charge in [0.1, 0.15) is 0 Å². The zero-order valence-electron chi connectivity index (χ0n) is 12.1. The van der Waals surface area contributed by atoms with Gasteiger partial charge in [0.15, 0.2) is 0 Å². The van der Waals surface area contributed by atoms with Gasteiger partial charge in [-0.15, -0.1) is 0 Å². The van der Waals surface area contributed by atoms with E-state index in [-0.39, 0.29) is 5.91 Å². The van der Waals surface area contributed by atoms with Gasteiger partial charge in [-0.05, 0) is 42.3 Å². The largest absolute Gasteiger partial charge is 0.465 e. The van der Waals surface area contributed by atoms with Crippen molar-refractivity contribution in [2.45, 2.75) is 13.5 Å². The van der Waals surface area contributed by atoms with Crippen molar-refractivity contribution in [1.82, 2.24) is 5.32 Å². The van der Waals surface area contributed by atoms with Crippen molar-refractivity contribution < 1.29 is 14.3 Å². The third-order valence-electron chi connectivity index (χ3n) is 3.27. The molecule has 4 heteroatoms. The van der Waals surface area contributed by atoms with E-state index in [9.17, 15) is 9.59 Å². The summed E-state index contributed by atoms with van der Waals surface area (Å²) in [5.74, 6) is -0.587. The predicted molar refractivity (Wildman–Crippen MR) is 80.1 cm³/mol. The third kappa shape index (κ3) is 3.69. The molecule has 0 saturated heterocycles. The zero-order chi connectivity index (χ0) is 15.2. The number of aryl methyl sites for hydroxylation is 1. The quantitative estimate of drug-likeness (QED) is 0.878. The van der Waals surface area contributed by atoms with Gasteiger partial charge in [-0.3, -0.25) is 4.79 Å². The number of hydrogen-bond acceptors (Lipinski definition) is 3. The average molecular weight is 283 g/mol. The Kier molecular flexibility index (Phi) is 4.72. The van der Waals surface area contributed by atoms with Gasteiger partial charge in [0.05, 0.1) is 12.7 Å². The van der Waals surface area contributed by atoms with E-state index < -0.39 is 5.97 Å². The molecule has 0 fully saturated rings. The Bertz CT molecular complexity index is 647. The zero-order valence-corrected chi connectivity index (χ0v) is 12.1. The number of amides is 1. The van der Waals surface area contributed by atoms with Gasteiger partial charge in [0.25, 0.3) is 5.91 Å². The Hall–Kier alpha value is -2.62. The molecular weight excluding hydrogens is 266 g/mol. The fourth-order valence-corrected chi connectivity index (χ4v) is 1.96. The molecule has 21 heavy (non-hydrogen) atoms. The number of nitrogens with one attached hydrogen (secondary N) is 1. The highest BCUT2D eigenvalue weighted by atomic mass is 16.5. The lowest BCUT2D eigenvalue weighted by Crippen LogP contribution is -2.23. The number of hydrogen-bond donors (Lipinski definition) is 1. The Balaban J connectivity index is 2.01. The summed E-state index contributed by atoms with van der Waals surface area (Å²) in [5, 5.41) is 2.86. The second-order valence-electron chi connectivity index (χ2n) is 4.68. The first-order valence-corrected chi connectivity index (χ1v) is 6.63. The summed E-state index contributed by atoms with van der Waals surface area (Å²) in [6, 6.07) is 14.3. The van der Waals surface area contributed by atoms with Crippen molar-refractivity contribution in [3.63, 3.8) is 0 Å². The highest BCUT2D eigenvalue weighted by Gasteiger charge is 2.09. The lowest BCUT2D eigenvalue weighted by atomic mass is 10.1. The van der Waals surface area contributed by atoms with Crippen LogP contribution in [0.4, 0.5) is 0 Å². The minimum atomic E-state index is -0.415. The molecule has 0 spiro atoms. The highest BCUT2D eigenvalue weighted by Crippen LogP contribution is 2.08. The van der Waals surface area contributed by atoms with Crippen LogP contribution < -0.4 is 5.32 Å². The Morgan fingerprint density at radius 1 is 1.00 bits per heavy atom. The maximum Gasteiger partial charge on any atom is 0.337 e. The van der Waals surface area contributed by atoms with Crippen molar-refractivity contribution >= 4 is 11.9 Å². The number of carbonyl (C=O) groups is 2. The molecule has 0 aliphatic rings. The molecule has 1 N–H and O–H groups in total. The molecular formula is C17H17NO3. The first-order chi connectivity index (χ1) is 10.1. The molecule has 0 saturated carbocycles. The standard InChI is InChI=1S/C17H17NO3/c1-12-5-3-4-6-15(12)11-18-16(19)13-7-9-14(10-8-13)17(20)21-2/h3-10H,11H2,1-2H3,(H,18,19). The summed E-state index contributed by atoms with van der Waals surface area (Å²) in [5.41, 5.74) is 3.15. The minimum absolute atomic E-state index is 0.172. The van der Waals surface area contributed by atoms with Crippen molar-refractivity contribution in [1.29, 1.82) is 0 Å². The summed E-state index contributed by atoms with van der Waals surface area (Å²) in [6.45, 7) is 2.48. The molecule has 4 nitrogen and oxygen atoms in total. The van der Waals surface area contributed by atoms with Gasteiger partial charge in [0, 0.05) is 12.1 Å². The maximum absolute atomic E-state index is 12.1. The summed E-state index contributed by atoms with van der Waals surface area (Å²) in [6.07, 6.45) is 0. The lowest BCUT2D eigenvalue weighted by Gasteiger charge is -2.08. The molecule has 0 unspecified atom stereocenters. The van der Waals surface area contributed by atoms with E-state index in [0.29, 0.717) is 17.7 Å². The minimum Gasteiger partial charge on any atom is -0.465 e. The number of methoxy groups -OCH3 is 1. The van der Waals surface area contributed by atoms with E-state index >= 15 is 0 Å². The first kappa shape index (κ1) is 14.8. The van der Waals surface area contributed by atoms with Crippen LogP contribution in [0.2, 0.25) is 0 Å². The monoisotopic (exact) mass is 283 g/mol. The van der Waals surface area contributed by atoms with E-state index in [0.717, 1.165) is 11.1 Å². The molecule has 0 radical (unpaired) electrons. The molecule has 0 bridgehead atoms. The number of rotatable bonds is 4. The lowest BCUT2D eigenvalue weighted by molar-refractivity contribution is 0.0600. The fraction of sp³-hybridized carbons (Fsp3) is 0.176. The number of carbonyl (C=O) groups excluding carboxylic acids is 2. The van der Waals surface area contributed by atoms with Gasteiger partial charge in [-0.25, -0.2) is 4.79 Å². The van der Waals surface area contributed by atoms with Gasteiger partial charge >= 0.3 is 5.97 Å². The molecule has 0 aliphatic carbocycles. The van der Waals surface area contributed by atoms with Gasteiger partial charge in [0.2, 0.25) is 0 Å². The summed E-state index contributed by atoms with van der Waals surface area (Å²) in [4.78, 5) is 23.4. The van der Waals surface area contributed by atoms with E-state index in [4.69, 9.17) is 0 Å². The topological polar surface area (TPSA) is 55.4 Å². The SMILES string of the molecule is COC(=O)c1ccc(C(=O)NCc2ccccc2C)cc1. The molecule has 1 amide bonds. The summed E-state index contributed by atoms with van der Waals surface area (Å²) in [7, 11) is 1.32. The van der Waals surface area contributed by atoms with Gasteiger partial charge in [-0.1, -0.05) is 24.3 Å². The Labute approximate surface area is 123 Å². The molecule has 108 valence electrons. The number of benzene rings is 2. The predicted octanol–water partition coefficient (Wildman–Crippen LogP) is 2.71. The average Bonchev–Trinajstić information content (AvgIpc) is 2.53. The fourth-order valence-electron chi connectivity index (χ4n) is 1.96. The van der Waals surface area contributed by atoms with E-state index in [2.05, 4.69) is 10.1 Å². The second kappa shape index (κ2) is 6.70. The van der Waals surface area contributed by atoms with Crippen molar-refractivity contribution in [2.24, 2.45) is 0 Å². The molecule has 0 atom stereocenters. The molecule has 2 aromatic rings. The van der Waals surface area contributed by atoms with Crippen molar-refractivity contribution in [3.8, 4) is 0 Å². The Morgan fingerprint density at radius 3 is 2.24 bits per heavy atom. The van der Waals surface area contributed by atoms with Crippen LogP contribution in [-0.4, -0.2) is 19.0 Å². The van der Waals surface area contributed by atoms with Crippen LogP contribution in [-0.2, 0) is 11.3 Å². The first-order valence-electron chi connectivity index (χ1n) is 6.63. The normalized spacial score (nSPS) is 10.0. The van der Waals surface area contributed by atoms with Crippen LogP contribution in [0, 0.1) is 6.92 Å². The molecule has 2 rings (SSSR count). The second-order valence-corrected chi connectivity index (χ2v) is 4.68. The third-order valence-corrected chi connectivity index (χ3v) is 3.27. The van der Waals surface area contributed by atoms with Crippen LogP contribution in [0.15, 0.2) is 48.5 Å². The molecule has 0 aromatic heterocycles. The summed E-state index contributed by atoms with van der Waals surface area (Å²) >= 11 is 0. The van der Waals surface area contributed by atoms with Crippen LogP contribution in [0.25, 0.3) is 0 Å². The van der Waals surface area contributed by atoms with Crippen LogP contribution >= 0.6 is 0 Å². The van der Waals surface area contributed by atoms with Crippen molar-refractivity contribution in [2.75, 3.05) is 7.11 Å². The Morgan fingerprint density at radius 2 is 1.62 bits per heavy atom. The van der Waals surface area contributed by atoms with E-state index in [1.165, 1.54) is 7.11 Å². The smallest absolute Gasteiger partial charge is 0.337 e. The summed E-state index contributed by atoms with van der Waals surface area (Å²) < 4.78 is 4.62. The molecule has 0 heterocycles. The molecule has 0 aliphatic heterocycles. The van der Waals surface area contributed by atoms with Gasteiger partial charge < -0.3 is 10.1 Å². The number of esters is 1. The van der Waals surface area contributed by atoms with E-state index in [1.54, 1.807) is 24.3 Å². The van der Waals surface area contributed by atoms with Gasteiger partial charge in [-0.2, -0.15) is 0 Å². The van der Waals surface area contributed by atoms with E-state index in [1.807, 2.05) is 31.2 Å². The number of ether oxygens (including phenoxy) is 1. The van der Waals surface area contributed by atoms with Crippen LogP contribution in [0.1, 0.15) is 31.8 Å². The van der Waals surface area contributed by atoms with Crippen molar-refractivity contribution in [3.05, 3.63) is 70.8 Å². The highest BCUT2D eigenvalue weighted by molar-refractivity contribution is 5.96. The molecule has 2 aromatic carbocycles. The van der Waals surface area contributed by atoms with Crippen LogP contribution in [0.3, 0.4) is 0 Å². The van der Waals surface area contributed by atoms with Crippen LogP contribution in [0.5, 0.6) is 0 Å².